The zero-order chi connectivity index (χ0) is 8.97. The number of likely N-dealkylation sites (tertiary alicyclic amines) is 1. The summed E-state index contributed by atoms with van der Waals surface area (Å²) >= 11 is 2.19. The number of hydrogen-bond acceptors (Lipinski definition) is 1. The quantitative estimate of drug-likeness (QED) is 0.533. The van der Waals surface area contributed by atoms with Crippen molar-refractivity contribution in [2.75, 3.05) is 13.1 Å². The Morgan fingerprint density at radius 2 is 1.75 bits per heavy atom. The zero-order valence-electron chi connectivity index (χ0n) is 7.55. The number of halogens is 1. The predicted octanol–water partition coefficient (Wildman–Crippen LogP) is 2.21. The molecule has 1 heterocycles. The molecule has 1 aliphatic rings. The fraction of sp³-hybridized carbons (Fsp3) is 0.889. The van der Waals surface area contributed by atoms with Gasteiger partial charge in [-0.3, -0.25) is 4.79 Å². The topological polar surface area (TPSA) is 20.3 Å². The van der Waals surface area contributed by atoms with Crippen LogP contribution in [0.5, 0.6) is 0 Å². The second-order valence-electron chi connectivity index (χ2n) is 3.36. The van der Waals surface area contributed by atoms with Gasteiger partial charge in [0, 0.05) is 13.1 Å². The number of alkyl halides is 1. The van der Waals surface area contributed by atoms with E-state index in [4.69, 9.17) is 0 Å². The third-order valence-electron chi connectivity index (χ3n) is 2.26. The molecular formula is C9H16INO. The van der Waals surface area contributed by atoms with Gasteiger partial charge in [-0.25, -0.2) is 0 Å². The molecule has 3 heteroatoms. The van der Waals surface area contributed by atoms with Crippen molar-refractivity contribution < 1.29 is 4.79 Å². The summed E-state index contributed by atoms with van der Waals surface area (Å²) in [5.41, 5.74) is 0. The average Bonchev–Trinajstić information content (AvgIpc) is 2.30. The molecule has 0 aromatic rings. The first-order valence-corrected chi connectivity index (χ1v) is 5.89. The number of nitrogens with zero attached hydrogens (tertiary/aromatic N) is 1. The van der Waals surface area contributed by atoms with Crippen LogP contribution in [0.25, 0.3) is 0 Å². The summed E-state index contributed by atoms with van der Waals surface area (Å²) in [6.07, 6.45) is 4.96. The smallest absolute Gasteiger partial charge is 0.235 e. The number of hydrogen-bond donors (Lipinski definition) is 0. The van der Waals surface area contributed by atoms with Crippen LogP contribution < -0.4 is 0 Å². The van der Waals surface area contributed by atoms with Crippen LogP contribution in [0, 0.1) is 0 Å². The van der Waals surface area contributed by atoms with E-state index in [0.29, 0.717) is 5.91 Å². The van der Waals surface area contributed by atoms with Crippen molar-refractivity contribution in [1.29, 1.82) is 0 Å². The molecule has 1 atom stereocenters. The Bertz CT molecular complexity index is 151. The fourth-order valence-corrected chi connectivity index (χ4v) is 1.94. The van der Waals surface area contributed by atoms with Crippen molar-refractivity contribution in [3.63, 3.8) is 0 Å². The van der Waals surface area contributed by atoms with E-state index in [9.17, 15) is 4.79 Å². The summed E-state index contributed by atoms with van der Waals surface area (Å²) < 4.78 is 0.140. The molecule has 0 radical (unpaired) electrons. The molecular weight excluding hydrogens is 265 g/mol. The summed E-state index contributed by atoms with van der Waals surface area (Å²) in [6.45, 7) is 3.92. The number of amides is 1. The molecule has 0 saturated carbocycles. The van der Waals surface area contributed by atoms with Crippen molar-refractivity contribution in [3.05, 3.63) is 0 Å². The van der Waals surface area contributed by atoms with Crippen LogP contribution in [0.15, 0.2) is 0 Å². The van der Waals surface area contributed by atoms with Crippen LogP contribution in [0.2, 0.25) is 0 Å². The minimum Gasteiger partial charge on any atom is -0.342 e. The van der Waals surface area contributed by atoms with Crippen LogP contribution in [0.3, 0.4) is 0 Å². The SMILES string of the molecule is CC(I)C(=O)N1CCCCCC1. The third-order valence-corrected chi connectivity index (χ3v) is 2.79. The molecule has 1 unspecified atom stereocenters. The van der Waals surface area contributed by atoms with Gasteiger partial charge in [-0.2, -0.15) is 0 Å². The van der Waals surface area contributed by atoms with Gasteiger partial charge >= 0.3 is 0 Å². The molecule has 1 rings (SSSR count). The molecule has 12 heavy (non-hydrogen) atoms. The van der Waals surface area contributed by atoms with Gasteiger partial charge in [0.05, 0.1) is 3.92 Å². The molecule has 0 N–H and O–H groups in total. The molecule has 0 aliphatic carbocycles. The van der Waals surface area contributed by atoms with Crippen molar-refractivity contribution in [1.82, 2.24) is 4.90 Å². The first kappa shape index (κ1) is 10.3. The van der Waals surface area contributed by atoms with Crippen LogP contribution in [-0.4, -0.2) is 27.8 Å². The molecule has 2 nitrogen and oxygen atoms in total. The maximum Gasteiger partial charge on any atom is 0.235 e. The lowest BCUT2D eigenvalue weighted by Crippen LogP contribution is -2.36. The highest BCUT2D eigenvalue weighted by atomic mass is 127. The predicted molar refractivity (Wildman–Crippen MR) is 58.5 cm³/mol. The van der Waals surface area contributed by atoms with Gasteiger partial charge < -0.3 is 4.90 Å². The Morgan fingerprint density at radius 1 is 1.25 bits per heavy atom. The van der Waals surface area contributed by atoms with E-state index < -0.39 is 0 Å². The fourth-order valence-electron chi connectivity index (χ4n) is 1.54. The first-order chi connectivity index (χ1) is 5.72. The molecule has 1 saturated heterocycles. The Kier molecular flexibility index (Phi) is 4.32. The van der Waals surface area contributed by atoms with E-state index in [0.717, 1.165) is 13.1 Å². The highest BCUT2D eigenvalue weighted by Crippen LogP contribution is 2.12. The number of carbonyl (C=O) groups is 1. The first-order valence-electron chi connectivity index (χ1n) is 4.64. The Labute approximate surface area is 87.8 Å². The molecule has 0 aromatic heterocycles. The minimum absolute atomic E-state index is 0.140. The standard InChI is InChI=1S/C9H16INO/c1-8(10)9(12)11-6-4-2-3-5-7-11/h8H,2-7H2,1H3. The summed E-state index contributed by atoms with van der Waals surface area (Å²) in [6, 6.07) is 0. The van der Waals surface area contributed by atoms with Gasteiger partial charge in [0.1, 0.15) is 0 Å². The third kappa shape index (κ3) is 2.92. The second-order valence-corrected chi connectivity index (χ2v) is 5.22. The minimum atomic E-state index is 0.140. The molecule has 0 bridgehead atoms. The van der Waals surface area contributed by atoms with Crippen molar-refractivity contribution >= 4 is 28.5 Å². The van der Waals surface area contributed by atoms with Crippen molar-refractivity contribution in [2.24, 2.45) is 0 Å². The molecule has 1 aliphatic heterocycles. The summed E-state index contributed by atoms with van der Waals surface area (Å²) in [4.78, 5) is 13.6. The van der Waals surface area contributed by atoms with Gasteiger partial charge in [0.25, 0.3) is 0 Å². The van der Waals surface area contributed by atoms with E-state index in [-0.39, 0.29) is 3.92 Å². The monoisotopic (exact) mass is 281 g/mol. The highest BCUT2D eigenvalue weighted by Gasteiger charge is 2.18. The lowest BCUT2D eigenvalue weighted by Gasteiger charge is -2.21. The van der Waals surface area contributed by atoms with Crippen molar-refractivity contribution in [3.8, 4) is 0 Å². The maximum atomic E-state index is 11.6. The zero-order valence-corrected chi connectivity index (χ0v) is 9.71. The van der Waals surface area contributed by atoms with Gasteiger partial charge in [0.2, 0.25) is 5.91 Å². The summed E-state index contributed by atoms with van der Waals surface area (Å²) in [7, 11) is 0. The second kappa shape index (κ2) is 5.04. The molecule has 1 amide bonds. The molecule has 70 valence electrons. The number of rotatable bonds is 1. The van der Waals surface area contributed by atoms with E-state index in [1.807, 2.05) is 11.8 Å². The molecule has 0 spiro atoms. The van der Waals surface area contributed by atoms with Crippen LogP contribution in [-0.2, 0) is 4.79 Å². The lowest BCUT2D eigenvalue weighted by atomic mass is 10.2. The highest BCUT2D eigenvalue weighted by molar-refractivity contribution is 14.1. The van der Waals surface area contributed by atoms with E-state index in [1.165, 1.54) is 25.7 Å². The average molecular weight is 281 g/mol. The van der Waals surface area contributed by atoms with Crippen molar-refractivity contribution in [2.45, 2.75) is 36.5 Å². The van der Waals surface area contributed by atoms with E-state index in [2.05, 4.69) is 22.6 Å². The molecule has 1 fully saturated rings. The number of carbonyl (C=O) groups excluding carboxylic acids is 1. The van der Waals surface area contributed by atoms with Crippen LogP contribution in [0.4, 0.5) is 0 Å². The summed E-state index contributed by atoms with van der Waals surface area (Å²) in [5.74, 6) is 0.317. The summed E-state index contributed by atoms with van der Waals surface area (Å²) in [5, 5.41) is 0. The lowest BCUT2D eigenvalue weighted by molar-refractivity contribution is -0.129. The Hall–Kier alpha value is 0.200. The van der Waals surface area contributed by atoms with E-state index in [1.54, 1.807) is 0 Å². The van der Waals surface area contributed by atoms with Gasteiger partial charge in [0.15, 0.2) is 0 Å². The molecule has 0 aromatic carbocycles. The van der Waals surface area contributed by atoms with Crippen LogP contribution in [0.1, 0.15) is 32.6 Å². The Balaban J connectivity index is 2.43. The van der Waals surface area contributed by atoms with Gasteiger partial charge in [-0.05, 0) is 19.8 Å². The largest absolute Gasteiger partial charge is 0.342 e. The van der Waals surface area contributed by atoms with E-state index >= 15 is 0 Å². The van der Waals surface area contributed by atoms with Crippen LogP contribution >= 0.6 is 22.6 Å². The normalized spacial score (nSPS) is 21.7. The maximum absolute atomic E-state index is 11.6. The Morgan fingerprint density at radius 3 is 2.17 bits per heavy atom. The van der Waals surface area contributed by atoms with Gasteiger partial charge in [-0.1, -0.05) is 35.4 Å². The van der Waals surface area contributed by atoms with Gasteiger partial charge in [-0.15, -0.1) is 0 Å².